The Morgan fingerprint density at radius 1 is 0.923 bits per heavy atom. The van der Waals surface area contributed by atoms with Crippen molar-refractivity contribution in [2.75, 3.05) is 0 Å². The first kappa shape index (κ1) is 16.1. The molecule has 0 atom stereocenters. The molecule has 0 radical (unpaired) electrons. The SMILES string of the molecule is Cc1c(C(=O)NN)c2ccccc2n1C(=O)c1ccc2ccccc2c1. The van der Waals surface area contributed by atoms with Crippen molar-refractivity contribution < 1.29 is 9.59 Å². The van der Waals surface area contributed by atoms with Gasteiger partial charge in [0.15, 0.2) is 0 Å². The number of hydrazine groups is 1. The molecule has 0 spiro atoms. The molecule has 0 aliphatic heterocycles. The minimum absolute atomic E-state index is 0.180. The molecule has 0 fully saturated rings. The maximum Gasteiger partial charge on any atom is 0.267 e. The molecule has 1 heterocycles. The van der Waals surface area contributed by atoms with Gasteiger partial charge in [-0.05, 0) is 35.9 Å². The molecule has 5 heteroatoms. The van der Waals surface area contributed by atoms with Crippen molar-refractivity contribution in [1.29, 1.82) is 0 Å². The molecule has 3 aromatic carbocycles. The Morgan fingerprint density at radius 3 is 2.38 bits per heavy atom. The Bertz CT molecular complexity index is 1170. The molecule has 0 bridgehead atoms. The molecule has 0 saturated heterocycles. The van der Waals surface area contributed by atoms with Crippen molar-refractivity contribution in [3.05, 3.63) is 83.6 Å². The van der Waals surface area contributed by atoms with Gasteiger partial charge in [-0.1, -0.05) is 48.5 Å². The average Bonchev–Trinajstić information content (AvgIpc) is 2.98. The number of hydrogen-bond donors (Lipinski definition) is 2. The second-order valence-electron chi connectivity index (χ2n) is 6.15. The first-order valence-corrected chi connectivity index (χ1v) is 8.26. The van der Waals surface area contributed by atoms with E-state index in [1.54, 1.807) is 11.5 Å². The lowest BCUT2D eigenvalue weighted by atomic mass is 10.1. The maximum absolute atomic E-state index is 13.2. The van der Waals surface area contributed by atoms with Crippen LogP contribution >= 0.6 is 0 Å². The molecule has 26 heavy (non-hydrogen) atoms. The third-order valence-electron chi connectivity index (χ3n) is 4.67. The molecule has 0 aliphatic carbocycles. The van der Waals surface area contributed by atoms with Crippen LogP contribution < -0.4 is 11.3 Å². The molecule has 5 nitrogen and oxygen atoms in total. The molecule has 128 valence electrons. The highest BCUT2D eigenvalue weighted by molar-refractivity contribution is 6.13. The van der Waals surface area contributed by atoms with Crippen LogP contribution in [0.4, 0.5) is 0 Å². The van der Waals surface area contributed by atoms with Crippen LogP contribution in [-0.4, -0.2) is 16.4 Å². The van der Waals surface area contributed by atoms with Gasteiger partial charge in [0.25, 0.3) is 11.8 Å². The lowest BCUT2D eigenvalue weighted by Gasteiger charge is -2.08. The van der Waals surface area contributed by atoms with E-state index in [0.717, 1.165) is 10.8 Å². The summed E-state index contributed by atoms with van der Waals surface area (Å²) >= 11 is 0. The van der Waals surface area contributed by atoms with E-state index in [0.29, 0.717) is 27.7 Å². The summed E-state index contributed by atoms with van der Waals surface area (Å²) in [5.74, 6) is 4.74. The van der Waals surface area contributed by atoms with E-state index in [-0.39, 0.29) is 5.91 Å². The van der Waals surface area contributed by atoms with Gasteiger partial charge in [0.05, 0.1) is 11.1 Å². The van der Waals surface area contributed by atoms with E-state index >= 15 is 0 Å². The van der Waals surface area contributed by atoms with Gasteiger partial charge in [-0.25, -0.2) is 5.84 Å². The predicted octanol–water partition coefficient (Wildman–Crippen LogP) is 3.39. The summed E-state index contributed by atoms with van der Waals surface area (Å²) in [7, 11) is 0. The number of carbonyl (C=O) groups excluding carboxylic acids is 2. The van der Waals surface area contributed by atoms with Gasteiger partial charge in [-0.15, -0.1) is 0 Å². The summed E-state index contributed by atoms with van der Waals surface area (Å²) in [6.45, 7) is 1.75. The minimum Gasteiger partial charge on any atom is -0.290 e. The van der Waals surface area contributed by atoms with E-state index < -0.39 is 5.91 Å². The highest BCUT2D eigenvalue weighted by Crippen LogP contribution is 2.27. The predicted molar refractivity (Wildman–Crippen MR) is 102 cm³/mol. The second-order valence-corrected chi connectivity index (χ2v) is 6.15. The van der Waals surface area contributed by atoms with Crippen LogP contribution in [0, 0.1) is 6.92 Å². The molecule has 1 aromatic heterocycles. The lowest BCUT2D eigenvalue weighted by molar-refractivity contribution is 0.0954. The largest absolute Gasteiger partial charge is 0.290 e. The van der Waals surface area contributed by atoms with Crippen LogP contribution in [0.2, 0.25) is 0 Å². The number of rotatable bonds is 2. The molecular weight excluding hydrogens is 326 g/mol. The van der Waals surface area contributed by atoms with E-state index in [1.165, 1.54) is 0 Å². The van der Waals surface area contributed by atoms with Gasteiger partial charge < -0.3 is 0 Å². The highest BCUT2D eigenvalue weighted by Gasteiger charge is 2.23. The van der Waals surface area contributed by atoms with Crippen molar-refractivity contribution in [1.82, 2.24) is 9.99 Å². The van der Waals surface area contributed by atoms with Gasteiger partial charge in [-0.3, -0.25) is 19.6 Å². The van der Waals surface area contributed by atoms with Gasteiger partial charge in [0.2, 0.25) is 0 Å². The number of para-hydroxylation sites is 1. The Hall–Kier alpha value is -3.44. The molecule has 1 amide bonds. The fourth-order valence-corrected chi connectivity index (χ4v) is 3.44. The molecule has 3 N–H and O–H groups in total. The first-order valence-electron chi connectivity index (χ1n) is 8.26. The number of amides is 1. The molecule has 0 aliphatic rings. The molecule has 4 rings (SSSR count). The second kappa shape index (κ2) is 6.13. The quantitative estimate of drug-likeness (QED) is 0.333. The maximum atomic E-state index is 13.2. The minimum atomic E-state index is -0.413. The summed E-state index contributed by atoms with van der Waals surface area (Å²) in [4.78, 5) is 25.5. The standard InChI is InChI=1S/C21H17N3O2/c1-13-19(20(25)23-22)17-8-4-5-9-18(17)24(13)21(26)16-11-10-14-6-2-3-7-15(14)12-16/h2-12H,22H2,1H3,(H,23,25). The summed E-state index contributed by atoms with van der Waals surface area (Å²) in [6, 6.07) is 20.8. The van der Waals surface area contributed by atoms with Crippen LogP contribution in [0.25, 0.3) is 21.7 Å². The topological polar surface area (TPSA) is 77.1 Å². The van der Waals surface area contributed by atoms with Crippen LogP contribution in [0.1, 0.15) is 26.4 Å². The Morgan fingerprint density at radius 2 is 1.62 bits per heavy atom. The van der Waals surface area contributed by atoms with Gasteiger partial charge in [0.1, 0.15) is 0 Å². The number of nitrogen functional groups attached to an aromatic ring is 1. The van der Waals surface area contributed by atoms with E-state index in [2.05, 4.69) is 5.43 Å². The third-order valence-corrected chi connectivity index (χ3v) is 4.67. The smallest absolute Gasteiger partial charge is 0.267 e. The third kappa shape index (κ3) is 2.37. The van der Waals surface area contributed by atoms with Gasteiger partial charge >= 0.3 is 0 Å². The highest BCUT2D eigenvalue weighted by atomic mass is 16.2. The van der Waals surface area contributed by atoms with Crippen molar-refractivity contribution in [3.63, 3.8) is 0 Å². The van der Waals surface area contributed by atoms with Crippen LogP contribution in [0.15, 0.2) is 66.7 Å². The van der Waals surface area contributed by atoms with E-state index in [9.17, 15) is 9.59 Å². The monoisotopic (exact) mass is 343 g/mol. The number of carbonyl (C=O) groups is 2. The van der Waals surface area contributed by atoms with Gasteiger partial charge in [0, 0.05) is 16.6 Å². The molecule has 4 aromatic rings. The Labute approximate surface area is 150 Å². The number of benzene rings is 3. The summed E-state index contributed by atoms with van der Waals surface area (Å²) in [5, 5.41) is 2.76. The Balaban J connectivity index is 1.94. The van der Waals surface area contributed by atoms with Crippen LogP contribution in [0.5, 0.6) is 0 Å². The summed E-state index contributed by atoms with van der Waals surface area (Å²) in [6.07, 6.45) is 0. The normalized spacial score (nSPS) is 11.0. The van der Waals surface area contributed by atoms with Crippen molar-refractivity contribution in [2.24, 2.45) is 5.84 Å². The number of aromatic nitrogens is 1. The fourth-order valence-electron chi connectivity index (χ4n) is 3.44. The first-order chi connectivity index (χ1) is 12.6. The molecule has 0 unspecified atom stereocenters. The van der Waals surface area contributed by atoms with Crippen LogP contribution in [-0.2, 0) is 0 Å². The van der Waals surface area contributed by atoms with E-state index in [4.69, 9.17) is 5.84 Å². The number of hydrogen-bond acceptors (Lipinski definition) is 3. The lowest BCUT2D eigenvalue weighted by Crippen LogP contribution is -2.30. The van der Waals surface area contributed by atoms with Crippen molar-refractivity contribution in [3.8, 4) is 0 Å². The molecule has 0 saturated carbocycles. The number of nitrogens with one attached hydrogen (secondary N) is 1. The summed E-state index contributed by atoms with van der Waals surface area (Å²) in [5.41, 5.74) is 4.39. The van der Waals surface area contributed by atoms with Crippen LogP contribution in [0.3, 0.4) is 0 Å². The number of nitrogens with zero attached hydrogens (tertiary/aromatic N) is 1. The van der Waals surface area contributed by atoms with Crippen molar-refractivity contribution >= 4 is 33.5 Å². The fraction of sp³-hybridized carbons (Fsp3) is 0.0476. The summed E-state index contributed by atoms with van der Waals surface area (Å²) < 4.78 is 1.57. The van der Waals surface area contributed by atoms with E-state index in [1.807, 2.05) is 66.7 Å². The zero-order valence-electron chi connectivity index (χ0n) is 14.2. The molecular formula is C21H17N3O2. The van der Waals surface area contributed by atoms with Gasteiger partial charge in [-0.2, -0.15) is 0 Å². The number of fused-ring (bicyclic) bond motifs is 2. The zero-order chi connectivity index (χ0) is 18.3. The Kier molecular flexibility index (Phi) is 3.78. The number of nitrogens with two attached hydrogens (primary N) is 1. The van der Waals surface area contributed by atoms with Crippen molar-refractivity contribution in [2.45, 2.75) is 6.92 Å². The average molecular weight is 343 g/mol. The zero-order valence-corrected chi connectivity index (χ0v) is 14.2.